The van der Waals surface area contributed by atoms with E-state index in [0.717, 1.165) is 24.1 Å². The van der Waals surface area contributed by atoms with Crippen LogP contribution in [-0.4, -0.2) is 104 Å². The van der Waals surface area contributed by atoms with E-state index in [1.165, 1.54) is 40.8 Å². The monoisotopic (exact) mass is 717 g/mol. The van der Waals surface area contributed by atoms with Crippen LogP contribution in [0.3, 0.4) is 0 Å². The third-order valence-corrected chi connectivity index (χ3v) is 11.5. The van der Waals surface area contributed by atoms with Crippen molar-refractivity contribution < 1.29 is 40.3 Å². The number of aromatic nitrogens is 1. The molecular weight excluding hydrogens is 678 g/mol. The molecule has 1 amide bonds. The number of sulfonamides is 1. The smallest absolute Gasteiger partial charge is 0.406 e. The first-order valence-corrected chi connectivity index (χ1v) is 18.1. The molecule has 3 aliphatic rings. The number of anilines is 1. The maximum Gasteiger partial charge on any atom is 0.573 e. The maximum atomic E-state index is 15.1. The molecule has 3 aromatic rings. The number of rotatable bonds is 10. The number of ether oxygens (including phenoxy) is 1. The van der Waals surface area contributed by atoms with Crippen LogP contribution in [0.4, 0.5) is 23.2 Å². The molecule has 0 saturated carbocycles. The summed E-state index contributed by atoms with van der Waals surface area (Å²) < 4.78 is 83.4. The van der Waals surface area contributed by atoms with Gasteiger partial charge < -0.3 is 14.5 Å². The molecule has 268 valence electrons. The first kappa shape index (κ1) is 35.7. The number of benzene rings is 2. The van der Waals surface area contributed by atoms with Crippen molar-refractivity contribution in [2.24, 2.45) is 5.92 Å². The van der Waals surface area contributed by atoms with Crippen LogP contribution < -0.4 is 9.64 Å². The predicted octanol–water partition coefficient (Wildman–Crippen LogP) is 5.16. The number of carbonyl (C=O) groups is 2. The molecule has 6 rings (SSSR count). The number of carbonyl (C=O) groups excluding carboxylic acids is 2. The number of pyridine rings is 1. The molecule has 2 aromatic carbocycles. The van der Waals surface area contributed by atoms with Gasteiger partial charge in [0.25, 0.3) is 5.91 Å². The highest BCUT2D eigenvalue weighted by Crippen LogP contribution is 2.28. The second-order valence-electron chi connectivity index (χ2n) is 12.9. The maximum absolute atomic E-state index is 15.1. The summed E-state index contributed by atoms with van der Waals surface area (Å²) in [5.74, 6) is -1.31. The van der Waals surface area contributed by atoms with Crippen LogP contribution in [0.2, 0.25) is 0 Å². The van der Waals surface area contributed by atoms with Gasteiger partial charge in [-0.15, -0.1) is 13.2 Å². The van der Waals surface area contributed by atoms with E-state index in [-0.39, 0.29) is 41.0 Å². The Morgan fingerprint density at radius 3 is 2.14 bits per heavy atom. The number of Topliss-reactive ketones (excluding diaryl/α,β-unsaturated/α-hetero) is 1. The molecular formula is C35H39F4N5O5S. The molecule has 50 heavy (non-hydrogen) atoms. The van der Waals surface area contributed by atoms with Gasteiger partial charge in [0.15, 0.2) is 5.78 Å². The molecule has 0 radical (unpaired) electrons. The third kappa shape index (κ3) is 8.61. The van der Waals surface area contributed by atoms with Gasteiger partial charge in [0.1, 0.15) is 17.6 Å². The summed E-state index contributed by atoms with van der Waals surface area (Å²) in [6.45, 7) is 4.11. The Balaban J connectivity index is 0.951. The number of piperidine rings is 1. The number of hydrogen-bond acceptors (Lipinski definition) is 8. The molecule has 3 saturated heterocycles. The van der Waals surface area contributed by atoms with Gasteiger partial charge in [0.2, 0.25) is 10.0 Å². The van der Waals surface area contributed by atoms with Crippen LogP contribution in [0.25, 0.3) is 0 Å². The van der Waals surface area contributed by atoms with E-state index < -0.39 is 28.5 Å². The van der Waals surface area contributed by atoms with Crippen molar-refractivity contribution in [3.8, 4) is 5.75 Å². The molecule has 1 unspecified atom stereocenters. The summed E-state index contributed by atoms with van der Waals surface area (Å²) in [6, 6.07) is 15.4. The van der Waals surface area contributed by atoms with E-state index in [9.17, 15) is 31.2 Å². The Morgan fingerprint density at radius 1 is 0.860 bits per heavy atom. The molecule has 1 aromatic heterocycles. The summed E-state index contributed by atoms with van der Waals surface area (Å²) in [5, 5.41) is 0. The van der Waals surface area contributed by atoms with Gasteiger partial charge in [-0.2, -0.15) is 4.31 Å². The van der Waals surface area contributed by atoms with Gasteiger partial charge in [-0.1, -0.05) is 12.1 Å². The van der Waals surface area contributed by atoms with E-state index in [0.29, 0.717) is 64.3 Å². The van der Waals surface area contributed by atoms with Gasteiger partial charge in [-0.05, 0) is 85.8 Å². The summed E-state index contributed by atoms with van der Waals surface area (Å²) >= 11 is 0. The fraction of sp³-hybridized carbons (Fsp3) is 0.457. The largest absolute Gasteiger partial charge is 0.573 e. The van der Waals surface area contributed by atoms with Crippen LogP contribution in [-0.2, 0) is 16.6 Å². The number of ketones is 1. The SMILES string of the molecule is O=C(CC1CCN(Cc2ccc(OC(F)(F)F)cc2)C[C@H]1F)c1ccc(C(=O)N2CCN(c3ccc(S(=O)(=O)N4CCCC4)cc3)CC2)nc1. The first-order chi connectivity index (χ1) is 23.9. The Hall–Kier alpha value is -4.08. The molecule has 0 spiro atoms. The quantitative estimate of drug-likeness (QED) is 0.210. The topological polar surface area (TPSA) is 103 Å². The normalized spacial score (nSPS) is 21.0. The van der Waals surface area contributed by atoms with E-state index in [1.54, 1.807) is 35.2 Å². The summed E-state index contributed by atoms with van der Waals surface area (Å²) in [5.41, 5.74) is 2.12. The summed E-state index contributed by atoms with van der Waals surface area (Å²) in [7, 11) is -3.48. The Kier molecular flexibility index (Phi) is 10.7. The number of likely N-dealkylation sites (tertiary alicyclic amines) is 1. The van der Waals surface area contributed by atoms with Gasteiger partial charge >= 0.3 is 6.36 Å². The lowest BCUT2D eigenvalue weighted by Crippen LogP contribution is -2.49. The molecule has 0 N–H and O–H groups in total. The highest BCUT2D eigenvalue weighted by molar-refractivity contribution is 7.89. The standard InChI is InChI=1S/C35H39F4N5O5S/c36-31-24-41(23-25-3-8-29(9-4-25)49-35(37,38)39)16-13-26(31)21-33(45)27-5-12-32(40-22-27)34(46)43-19-17-42(18-20-43)28-6-10-30(11-7-28)50(47,48)44-14-1-2-15-44/h3-12,22,26,31H,1-2,13-21,23-24H2/t26?,31-/m1/s1. The minimum Gasteiger partial charge on any atom is -0.406 e. The molecule has 3 fully saturated rings. The number of alkyl halides is 4. The molecule has 2 atom stereocenters. The van der Waals surface area contributed by atoms with Gasteiger partial charge in [0.05, 0.1) is 4.90 Å². The van der Waals surface area contributed by atoms with Crippen LogP contribution in [0.1, 0.15) is 52.1 Å². The Morgan fingerprint density at radius 2 is 1.54 bits per heavy atom. The molecule has 3 aliphatic heterocycles. The number of nitrogens with zero attached hydrogens (tertiary/aromatic N) is 5. The van der Waals surface area contributed by atoms with E-state index >= 15 is 4.39 Å². The minimum absolute atomic E-state index is 0.000578. The summed E-state index contributed by atoms with van der Waals surface area (Å²) in [4.78, 5) is 36.4. The highest BCUT2D eigenvalue weighted by Gasteiger charge is 2.33. The minimum atomic E-state index is -4.77. The van der Waals surface area contributed by atoms with Crippen molar-refractivity contribution in [3.05, 3.63) is 83.7 Å². The van der Waals surface area contributed by atoms with Crippen molar-refractivity contribution in [1.82, 2.24) is 19.1 Å². The zero-order valence-corrected chi connectivity index (χ0v) is 28.2. The van der Waals surface area contributed by atoms with Crippen molar-refractivity contribution >= 4 is 27.4 Å². The predicted molar refractivity (Wildman–Crippen MR) is 177 cm³/mol. The Bertz CT molecular complexity index is 1740. The van der Waals surface area contributed by atoms with Crippen molar-refractivity contribution in [3.63, 3.8) is 0 Å². The van der Waals surface area contributed by atoms with E-state index in [1.807, 2.05) is 4.90 Å². The van der Waals surface area contributed by atoms with Gasteiger partial charge in [-0.3, -0.25) is 19.5 Å². The van der Waals surface area contributed by atoms with Crippen molar-refractivity contribution in [2.75, 3.05) is 57.3 Å². The second kappa shape index (κ2) is 15.0. The van der Waals surface area contributed by atoms with Crippen molar-refractivity contribution in [2.45, 2.75) is 49.7 Å². The number of amides is 1. The molecule has 0 aliphatic carbocycles. The lowest BCUT2D eigenvalue weighted by Gasteiger charge is -2.36. The third-order valence-electron chi connectivity index (χ3n) is 9.55. The number of piperazine rings is 1. The van der Waals surface area contributed by atoms with E-state index in [2.05, 4.69) is 14.6 Å². The zero-order valence-electron chi connectivity index (χ0n) is 27.4. The first-order valence-electron chi connectivity index (χ1n) is 16.7. The summed E-state index contributed by atoms with van der Waals surface area (Å²) in [6.07, 6.45) is -2.47. The lowest BCUT2D eigenvalue weighted by atomic mass is 9.88. The zero-order chi connectivity index (χ0) is 35.5. The highest BCUT2D eigenvalue weighted by atomic mass is 32.2. The van der Waals surface area contributed by atoms with Crippen LogP contribution >= 0.6 is 0 Å². The second-order valence-corrected chi connectivity index (χ2v) is 14.9. The average Bonchev–Trinajstić information content (AvgIpc) is 3.66. The molecule has 0 bridgehead atoms. The van der Waals surface area contributed by atoms with Crippen molar-refractivity contribution in [1.29, 1.82) is 0 Å². The van der Waals surface area contributed by atoms with Crippen LogP contribution in [0.15, 0.2) is 71.8 Å². The fourth-order valence-electron chi connectivity index (χ4n) is 6.72. The Labute approximate surface area is 288 Å². The average molecular weight is 718 g/mol. The fourth-order valence-corrected chi connectivity index (χ4v) is 8.24. The molecule has 4 heterocycles. The van der Waals surface area contributed by atoms with Crippen LogP contribution in [0, 0.1) is 5.92 Å². The van der Waals surface area contributed by atoms with Gasteiger partial charge in [0, 0.05) is 76.2 Å². The number of halogens is 4. The van der Waals surface area contributed by atoms with E-state index in [4.69, 9.17) is 0 Å². The molecule has 15 heteroatoms. The van der Waals surface area contributed by atoms with Gasteiger partial charge in [-0.25, -0.2) is 12.8 Å². The molecule has 10 nitrogen and oxygen atoms in total. The number of hydrogen-bond donors (Lipinski definition) is 0. The lowest BCUT2D eigenvalue weighted by molar-refractivity contribution is -0.274. The van der Waals surface area contributed by atoms with Crippen LogP contribution in [0.5, 0.6) is 5.75 Å².